The lowest BCUT2D eigenvalue weighted by Gasteiger charge is -2.20. The average molecular weight is 241 g/mol. The molecule has 0 radical (unpaired) electrons. The average Bonchev–Trinajstić information content (AvgIpc) is 2.87. The highest BCUT2D eigenvalue weighted by molar-refractivity contribution is 5.48. The molecular formula is C15H19N3. The third kappa shape index (κ3) is 1.95. The number of fused-ring (bicyclic) bond motifs is 1. The molecule has 0 unspecified atom stereocenters. The van der Waals surface area contributed by atoms with E-state index in [1.807, 2.05) is 12.5 Å². The number of rotatable bonds is 3. The van der Waals surface area contributed by atoms with Gasteiger partial charge in [-0.2, -0.15) is 0 Å². The molecule has 0 aliphatic heterocycles. The predicted octanol–water partition coefficient (Wildman–Crippen LogP) is 2.25. The van der Waals surface area contributed by atoms with E-state index in [1.54, 1.807) is 0 Å². The van der Waals surface area contributed by atoms with Crippen molar-refractivity contribution in [3.63, 3.8) is 0 Å². The van der Waals surface area contributed by atoms with Crippen molar-refractivity contribution < 1.29 is 0 Å². The van der Waals surface area contributed by atoms with E-state index in [4.69, 9.17) is 5.73 Å². The van der Waals surface area contributed by atoms with Gasteiger partial charge >= 0.3 is 0 Å². The zero-order valence-corrected chi connectivity index (χ0v) is 10.6. The Hall–Kier alpha value is -1.61. The molecule has 1 aromatic carbocycles. The highest BCUT2D eigenvalue weighted by atomic mass is 15.1. The predicted molar refractivity (Wildman–Crippen MR) is 73.0 cm³/mol. The Bertz CT molecular complexity index is 542. The molecule has 94 valence electrons. The Labute approximate surface area is 108 Å². The number of nitrogens with two attached hydrogens (primary N) is 1. The quantitative estimate of drug-likeness (QED) is 0.895. The number of benzene rings is 1. The summed E-state index contributed by atoms with van der Waals surface area (Å²) >= 11 is 0. The van der Waals surface area contributed by atoms with Gasteiger partial charge < -0.3 is 10.3 Å². The molecule has 1 aromatic heterocycles. The molecule has 0 amide bonds. The van der Waals surface area contributed by atoms with Gasteiger partial charge in [0.2, 0.25) is 0 Å². The van der Waals surface area contributed by atoms with Crippen LogP contribution in [0.15, 0.2) is 30.7 Å². The zero-order valence-electron chi connectivity index (χ0n) is 10.6. The first-order valence-corrected chi connectivity index (χ1v) is 6.72. The number of aryl methyl sites for hydroxylation is 1. The van der Waals surface area contributed by atoms with Gasteiger partial charge in [-0.05, 0) is 49.4 Å². The maximum absolute atomic E-state index is 5.66. The van der Waals surface area contributed by atoms with Crippen LogP contribution >= 0.6 is 0 Å². The van der Waals surface area contributed by atoms with Crippen LogP contribution in [0.25, 0.3) is 5.69 Å². The normalized spacial score (nSPS) is 14.5. The minimum absolute atomic E-state index is 0.667. The van der Waals surface area contributed by atoms with E-state index in [-0.39, 0.29) is 0 Å². The molecule has 2 N–H and O–H groups in total. The van der Waals surface area contributed by atoms with Gasteiger partial charge in [0.1, 0.15) is 0 Å². The summed E-state index contributed by atoms with van der Waals surface area (Å²) in [6.45, 7) is 0.667. The Balaban J connectivity index is 2.08. The summed E-state index contributed by atoms with van der Waals surface area (Å²) < 4.78 is 2.21. The molecule has 0 atom stereocenters. The van der Waals surface area contributed by atoms with Gasteiger partial charge in [-0.25, -0.2) is 4.98 Å². The molecule has 0 spiro atoms. The number of aromatic nitrogens is 2. The van der Waals surface area contributed by atoms with Gasteiger partial charge in [0, 0.05) is 18.3 Å². The van der Waals surface area contributed by atoms with Gasteiger partial charge in [0.05, 0.1) is 12.0 Å². The first-order chi connectivity index (χ1) is 8.90. The van der Waals surface area contributed by atoms with E-state index in [0.717, 1.165) is 6.42 Å². The third-order valence-corrected chi connectivity index (χ3v) is 3.75. The Morgan fingerprint density at radius 2 is 2.11 bits per heavy atom. The minimum atomic E-state index is 0.667. The van der Waals surface area contributed by atoms with Crippen LogP contribution in [0.4, 0.5) is 0 Å². The molecule has 0 saturated heterocycles. The summed E-state index contributed by atoms with van der Waals surface area (Å²) in [5, 5.41) is 0. The van der Waals surface area contributed by atoms with Crippen molar-refractivity contribution >= 4 is 0 Å². The van der Waals surface area contributed by atoms with E-state index in [0.29, 0.717) is 6.54 Å². The van der Waals surface area contributed by atoms with E-state index in [1.165, 1.54) is 48.2 Å². The monoisotopic (exact) mass is 241 g/mol. The third-order valence-electron chi connectivity index (χ3n) is 3.75. The molecule has 3 nitrogen and oxygen atoms in total. The molecule has 1 aliphatic carbocycles. The smallest absolute Gasteiger partial charge is 0.0994 e. The van der Waals surface area contributed by atoms with Crippen LogP contribution in [0.2, 0.25) is 0 Å². The second-order valence-corrected chi connectivity index (χ2v) is 4.92. The Morgan fingerprint density at radius 3 is 3.00 bits per heavy atom. The molecule has 0 fully saturated rings. The SMILES string of the molecule is NCCc1cncn1-c1cccc2c1CCCC2. The molecule has 1 heterocycles. The van der Waals surface area contributed by atoms with Crippen LogP contribution in [0.3, 0.4) is 0 Å². The highest BCUT2D eigenvalue weighted by Crippen LogP contribution is 2.27. The molecule has 3 rings (SSSR count). The topological polar surface area (TPSA) is 43.8 Å². The zero-order chi connectivity index (χ0) is 12.4. The summed E-state index contributed by atoms with van der Waals surface area (Å²) in [4.78, 5) is 4.27. The van der Waals surface area contributed by atoms with Crippen molar-refractivity contribution in [1.29, 1.82) is 0 Å². The van der Waals surface area contributed by atoms with Crippen LogP contribution in [0, 0.1) is 0 Å². The maximum Gasteiger partial charge on any atom is 0.0994 e. The van der Waals surface area contributed by atoms with E-state index >= 15 is 0 Å². The van der Waals surface area contributed by atoms with Crippen molar-refractivity contribution in [3.8, 4) is 5.69 Å². The van der Waals surface area contributed by atoms with Crippen molar-refractivity contribution in [1.82, 2.24) is 9.55 Å². The summed E-state index contributed by atoms with van der Waals surface area (Å²) in [5.74, 6) is 0. The molecule has 3 heteroatoms. The number of hydrogen-bond donors (Lipinski definition) is 1. The van der Waals surface area contributed by atoms with Crippen LogP contribution in [0.1, 0.15) is 29.7 Å². The van der Waals surface area contributed by atoms with Gasteiger partial charge in [-0.1, -0.05) is 12.1 Å². The Morgan fingerprint density at radius 1 is 1.22 bits per heavy atom. The van der Waals surface area contributed by atoms with Crippen LogP contribution in [-0.2, 0) is 19.3 Å². The van der Waals surface area contributed by atoms with Gasteiger partial charge in [-0.15, -0.1) is 0 Å². The van der Waals surface area contributed by atoms with Crippen LogP contribution in [0.5, 0.6) is 0 Å². The fraction of sp³-hybridized carbons (Fsp3) is 0.400. The molecule has 1 aliphatic rings. The lowest BCUT2D eigenvalue weighted by atomic mass is 9.90. The fourth-order valence-corrected chi connectivity index (χ4v) is 2.86. The standard InChI is InChI=1S/C15H19N3/c16-9-8-13-10-17-11-18(13)15-7-3-5-12-4-1-2-6-14(12)15/h3,5,7,10-11H,1-2,4,6,8-9,16H2. The van der Waals surface area contributed by atoms with Gasteiger partial charge in [0.25, 0.3) is 0 Å². The largest absolute Gasteiger partial charge is 0.330 e. The second-order valence-electron chi connectivity index (χ2n) is 4.92. The van der Waals surface area contributed by atoms with Crippen molar-refractivity contribution in [2.24, 2.45) is 5.73 Å². The summed E-state index contributed by atoms with van der Waals surface area (Å²) in [5.41, 5.74) is 11.2. The van der Waals surface area contributed by atoms with Gasteiger partial charge in [0.15, 0.2) is 0 Å². The lowest BCUT2D eigenvalue weighted by molar-refractivity contribution is 0.679. The number of nitrogens with zero attached hydrogens (tertiary/aromatic N) is 2. The summed E-state index contributed by atoms with van der Waals surface area (Å²) in [7, 11) is 0. The Kier molecular flexibility index (Phi) is 3.15. The fourth-order valence-electron chi connectivity index (χ4n) is 2.86. The second kappa shape index (κ2) is 4.94. The number of imidazole rings is 1. The summed E-state index contributed by atoms with van der Waals surface area (Å²) in [6, 6.07) is 6.62. The van der Waals surface area contributed by atoms with Crippen LogP contribution in [-0.4, -0.2) is 16.1 Å². The van der Waals surface area contributed by atoms with E-state index in [9.17, 15) is 0 Å². The molecule has 2 aromatic rings. The van der Waals surface area contributed by atoms with Gasteiger partial charge in [-0.3, -0.25) is 0 Å². The molecular weight excluding hydrogens is 222 g/mol. The van der Waals surface area contributed by atoms with Crippen molar-refractivity contribution in [3.05, 3.63) is 47.5 Å². The lowest BCUT2D eigenvalue weighted by Crippen LogP contribution is -2.11. The summed E-state index contributed by atoms with van der Waals surface area (Å²) in [6.07, 6.45) is 9.73. The molecule has 0 saturated carbocycles. The first kappa shape index (κ1) is 11.5. The minimum Gasteiger partial charge on any atom is -0.330 e. The van der Waals surface area contributed by atoms with Crippen molar-refractivity contribution in [2.45, 2.75) is 32.1 Å². The highest BCUT2D eigenvalue weighted by Gasteiger charge is 2.15. The van der Waals surface area contributed by atoms with Crippen molar-refractivity contribution in [2.75, 3.05) is 6.54 Å². The first-order valence-electron chi connectivity index (χ1n) is 6.72. The van der Waals surface area contributed by atoms with E-state index < -0.39 is 0 Å². The maximum atomic E-state index is 5.66. The molecule has 0 bridgehead atoms. The number of hydrogen-bond acceptors (Lipinski definition) is 2. The van der Waals surface area contributed by atoms with Crippen LogP contribution < -0.4 is 5.73 Å². The molecule has 18 heavy (non-hydrogen) atoms. The van der Waals surface area contributed by atoms with E-state index in [2.05, 4.69) is 27.8 Å².